The van der Waals surface area contributed by atoms with Crippen molar-refractivity contribution in [2.45, 2.75) is 27.7 Å². The summed E-state index contributed by atoms with van der Waals surface area (Å²) in [4.78, 5) is 0. The molecule has 0 saturated carbocycles. The predicted molar refractivity (Wildman–Crippen MR) is 42.3 cm³/mol. The number of allylic oxidation sites excluding steroid dienone is 1. The molecule has 0 saturated heterocycles. The highest BCUT2D eigenvalue weighted by atomic mass is 13.9. The molecule has 0 aromatic carbocycles. The van der Waals surface area contributed by atoms with E-state index in [1.807, 2.05) is 0 Å². The third-order valence-electron chi connectivity index (χ3n) is 0.859. The standard InChI is InChI=1S/C9H16/c1-8(2)6-5-7-9(3)4/h6-9H,1-4H3. The van der Waals surface area contributed by atoms with Gasteiger partial charge in [-0.2, -0.15) is 0 Å². The highest BCUT2D eigenvalue weighted by molar-refractivity contribution is 4.88. The van der Waals surface area contributed by atoms with Crippen LogP contribution in [0.4, 0.5) is 0 Å². The van der Waals surface area contributed by atoms with Crippen LogP contribution in [0.5, 0.6) is 0 Å². The van der Waals surface area contributed by atoms with Gasteiger partial charge in [-0.05, 0) is 24.0 Å². The van der Waals surface area contributed by atoms with Crippen molar-refractivity contribution in [2.24, 2.45) is 11.8 Å². The van der Waals surface area contributed by atoms with Crippen LogP contribution >= 0.6 is 0 Å². The van der Waals surface area contributed by atoms with Crippen LogP contribution in [-0.2, 0) is 0 Å². The summed E-state index contributed by atoms with van der Waals surface area (Å²) in [6.45, 7) is 8.62. The van der Waals surface area contributed by atoms with Gasteiger partial charge in [-0.3, -0.25) is 0 Å². The summed E-state index contributed by atoms with van der Waals surface area (Å²) in [6, 6.07) is 0. The average molecular weight is 124 g/mol. The lowest BCUT2D eigenvalue weighted by molar-refractivity contribution is 0.818. The van der Waals surface area contributed by atoms with E-state index in [9.17, 15) is 0 Å². The second-order valence-electron chi connectivity index (χ2n) is 2.99. The molecule has 0 aromatic heterocycles. The van der Waals surface area contributed by atoms with Crippen LogP contribution in [0.2, 0.25) is 0 Å². The van der Waals surface area contributed by atoms with Gasteiger partial charge in [-0.25, -0.2) is 0 Å². The molecule has 0 N–H and O–H groups in total. The van der Waals surface area contributed by atoms with E-state index in [-0.39, 0.29) is 0 Å². The van der Waals surface area contributed by atoms with Crippen molar-refractivity contribution < 1.29 is 0 Å². The molecule has 0 aliphatic rings. The molecule has 0 amide bonds. The van der Waals surface area contributed by atoms with E-state index >= 15 is 0 Å². The molecule has 0 heteroatoms. The van der Waals surface area contributed by atoms with Crippen molar-refractivity contribution in [3.05, 3.63) is 17.9 Å². The zero-order valence-electron chi connectivity index (χ0n) is 6.81. The third kappa shape index (κ3) is 7.52. The Morgan fingerprint density at radius 1 is 0.889 bits per heavy atom. The molecule has 0 atom stereocenters. The zero-order chi connectivity index (χ0) is 7.28. The molecular weight excluding hydrogens is 108 g/mol. The highest BCUT2D eigenvalue weighted by Crippen LogP contribution is 1.94. The van der Waals surface area contributed by atoms with E-state index < -0.39 is 0 Å². The van der Waals surface area contributed by atoms with E-state index in [1.165, 1.54) is 0 Å². The van der Waals surface area contributed by atoms with E-state index in [1.54, 1.807) is 0 Å². The Kier molecular flexibility index (Phi) is 4.17. The quantitative estimate of drug-likeness (QED) is 0.496. The van der Waals surface area contributed by atoms with E-state index in [0.29, 0.717) is 11.8 Å². The molecule has 0 spiro atoms. The van der Waals surface area contributed by atoms with Gasteiger partial charge >= 0.3 is 0 Å². The Labute approximate surface area is 58.3 Å². The summed E-state index contributed by atoms with van der Waals surface area (Å²) >= 11 is 0. The summed E-state index contributed by atoms with van der Waals surface area (Å²) in [7, 11) is 0. The Bertz CT molecular complexity index is 100. The lowest BCUT2D eigenvalue weighted by atomic mass is 10.2. The minimum atomic E-state index is 0.625. The maximum atomic E-state index is 3.13. The monoisotopic (exact) mass is 124 g/mol. The van der Waals surface area contributed by atoms with Gasteiger partial charge in [0.1, 0.15) is 0 Å². The van der Waals surface area contributed by atoms with Gasteiger partial charge in [-0.1, -0.05) is 27.7 Å². The molecule has 9 heavy (non-hydrogen) atoms. The molecule has 0 nitrogen and oxygen atoms in total. The Morgan fingerprint density at radius 2 is 1.22 bits per heavy atom. The molecular formula is C9H16. The van der Waals surface area contributed by atoms with Crippen LogP contribution in [0.3, 0.4) is 0 Å². The smallest absolute Gasteiger partial charge is 0.0214 e. The fourth-order valence-corrected chi connectivity index (χ4v) is 0.440. The normalized spacial score (nSPS) is 9.56. The molecule has 52 valence electrons. The largest absolute Gasteiger partial charge is 0.129 e. The molecule has 0 aromatic rings. The second kappa shape index (κ2) is 4.40. The fraction of sp³-hybridized carbons (Fsp3) is 0.667. The molecule has 0 aliphatic carbocycles. The molecule has 0 fully saturated rings. The van der Waals surface area contributed by atoms with Gasteiger partial charge < -0.3 is 0 Å². The molecule has 0 heterocycles. The van der Waals surface area contributed by atoms with Crippen molar-refractivity contribution in [1.29, 1.82) is 0 Å². The summed E-state index contributed by atoms with van der Waals surface area (Å²) in [5.74, 6) is 1.25. The highest BCUT2D eigenvalue weighted by Gasteiger charge is 1.81. The predicted octanol–water partition coefficient (Wildman–Crippen LogP) is 3.01. The van der Waals surface area contributed by atoms with Gasteiger partial charge in [-0.15, -0.1) is 5.73 Å². The Morgan fingerprint density at radius 3 is 1.44 bits per heavy atom. The number of rotatable bonds is 2. The van der Waals surface area contributed by atoms with E-state index in [4.69, 9.17) is 0 Å². The summed E-state index contributed by atoms with van der Waals surface area (Å²) in [6.07, 6.45) is 4.17. The lowest BCUT2D eigenvalue weighted by Crippen LogP contribution is -1.76. The minimum Gasteiger partial charge on any atom is -0.129 e. The van der Waals surface area contributed by atoms with Gasteiger partial charge in [0.05, 0.1) is 0 Å². The van der Waals surface area contributed by atoms with Crippen molar-refractivity contribution in [3.8, 4) is 0 Å². The first-order valence-corrected chi connectivity index (χ1v) is 3.55. The maximum Gasteiger partial charge on any atom is -0.0214 e. The lowest BCUT2D eigenvalue weighted by Gasteiger charge is -1.89. The maximum absolute atomic E-state index is 3.13. The first-order chi connectivity index (χ1) is 4.13. The zero-order valence-corrected chi connectivity index (χ0v) is 6.81. The van der Waals surface area contributed by atoms with Crippen LogP contribution in [0.1, 0.15) is 27.7 Å². The van der Waals surface area contributed by atoms with Crippen molar-refractivity contribution in [1.82, 2.24) is 0 Å². The molecule has 0 bridgehead atoms. The molecule has 0 radical (unpaired) electrons. The van der Waals surface area contributed by atoms with Crippen molar-refractivity contribution >= 4 is 0 Å². The van der Waals surface area contributed by atoms with Crippen LogP contribution in [0.15, 0.2) is 17.9 Å². The van der Waals surface area contributed by atoms with Crippen molar-refractivity contribution in [3.63, 3.8) is 0 Å². The van der Waals surface area contributed by atoms with Crippen LogP contribution in [0.25, 0.3) is 0 Å². The minimum absolute atomic E-state index is 0.625. The molecule has 0 rings (SSSR count). The van der Waals surface area contributed by atoms with Gasteiger partial charge in [0.15, 0.2) is 0 Å². The van der Waals surface area contributed by atoms with Crippen LogP contribution in [-0.4, -0.2) is 0 Å². The first-order valence-electron chi connectivity index (χ1n) is 3.55. The molecule has 0 aliphatic heterocycles. The van der Waals surface area contributed by atoms with Gasteiger partial charge in [0, 0.05) is 0 Å². The average Bonchev–Trinajstić information content (AvgIpc) is 1.63. The summed E-state index contributed by atoms with van der Waals surface area (Å²) in [5, 5.41) is 0. The number of hydrogen-bond donors (Lipinski definition) is 0. The second-order valence-corrected chi connectivity index (χ2v) is 2.99. The topological polar surface area (TPSA) is 0 Å². The van der Waals surface area contributed by atoms with Crippen LogP contribution < -0.4 is 0 Å². The summed E-state index contributed by atoms with van der Waals surface area (Å²) in [5.41, 5.74) is 3.13. The van der Waals surface area contributed by atoms with E-state index in [0.717, 1.165) is 0 Å². The third-order valence-corrected chi connectivity index (χ3v) is 0.859. The van der Waals surface area contributed by atoms with Crippen molar-refractivity contribution in [2.75, 3.05) is 0 Å². The van der Waals surface area contributed by atoms with E-state index in [2.05, 4.69) is 45.6 Å². The van der Waals surface area contributed by atoms with Crippen LogP contribution in [0, 0.1) is 11.8 Å². The van der Waals surface area contributed by atoms with Gasteiger partial charge in [0.2, 0.25) is 0 Å². The SMILES string of the molecule is CC(C)C=C=CC(C)C. The Balaban J connectivity index is 3.67. The Hall–Kier alpha value is -0.480. The van der Waals surface area contributed by atoms with Gasteiger partial charge in [0.25, 0.3) is 0 Å². The number of hydrogen-bond acceptors (Lipinski definition) is 0. The fourth-order valence-electron chi connectivity index (χ4n) is 0.440. The molecule has 0 unspecified atom stereocenters. The summed E-state index contributed by atoms with van der Waals surface area (Å²) < 4.78 is 0. The first kappa shape index (κ1) is 8.52.